The maximum Gasteiger partial charge on any atom is 0.252 e. The van der Waals surface area contributed by atoms with Crippen LogP contribution >= 0.6 is 0 Å². The van der Waals surface area contributed by atoms with Gasteiger partial charge in [0.1, 0.15) is 6.33 Å². The molecule has 5 rings (SSSR count). The highest BCUT2D eigenvalue weighted by Crippen LogP contribution is 2.44. The van der Waals surface area contributed by atoms with Crippen LogP contribution < -0.4 is 0 Å². The third-order valence-corrected chi connectivity index (χ3v) is 9.15. The van der Waals surface area contributed by atoms with Crippen LogP contribution in [0.5, 0.6) is 0 Å². The first kappa shape index (κ1) is 25.1. The van der Waals surface area contributed by atoms with Gasteiger partial charge in [0.25, 0.3) is 5.92 Å². The SMILES string of the molecule is CC(C)N1CCN([C@H]2CCCC(F)(F)C2CC(=O)N2CCC(C)(c3ncn(C4CC4)n3)CC2)CC1. The molecular formula is C26H42F2N6O. The van der Waals surface area contributed by atoms with E-state index in [1.165, 1.54) is 12.8 Å². The zero-order chi connectivity index (χ0) is 24.8. The van der Waals surface area contributed by atoms with Crippen molar-refractivity contribution in [2.45, 2.75) is 102 Å². The summed E-state index contributed by atoms with van der Waals surface area (Å²) in [6.45, 7) is 11.2. The number of aromatic nitrogens is 3. The number of alkyl halides is 2. The van der Waals surface area contributed by atoms with Crippen molar-refractivity contribution >= 4 is 5.91 Å². The molecule has 0 aromatic carbocycles. The maximum absolute atomic E-state index is 15.2. The Balaban J connectivity index is 1.20. The van der Waals surface area contributed by atoms with E-state index in [9.17, 15) is 4.79 Å². The van der Waals surface area contributed by atoms with Crippen LogP contribution in [-0.4, -0.2) is 92.6 Å². The van der Waals surface area contributed by atoms with Crippen molar-refractivity contribution < 1.29 is 13.6 Å². The first-order valence-electron chi connectivity index (χ1n) is 13.7. The summed E-state index contributed by atoms with van der Waals surface area (Å²) < 4.78 is 32.4. The van der Waals surface area contributed by atoms with E-state index in [4.69, 9.17) is 5.10 Å². The Morgan fingerprint density at radius 3 is 2.37 bits per heavy atom. The minimum Gasteiger partial charge on any atom is -0.343 e. The van der Waals surface area contributed by atoms with Crippen LogP contribution in [0.4, 0.5) is 8.78 Å². The highest BCUT2D eigenvalue weighted by molar-refractivity contribution is 5.76. The van der Waals surface area contributed by atoms with Gasteiger partial charge in [0, 0.05) is 75.5 Å². The van der Waals surface area contributed by atoms with Gasteiger partial charge in [-0.1, -0.05) is 6.92 Å². The molecule has 1 unspecified atom stereocenters. The van der Waals surface area contributed by atoms with Crippen LogP contribution in [0.25, 0.3) is 0 Å². The predicted octanol–water partition coefficient (Wildman–Crippen LogP) is 3.71. The Morgan fingerprint density at radius 1 is 1.06 bits per heavy atom. The number of hydrogen-bond acceptors (Lipinski definition) is 5. The monoisotopic (exact) mass is 492 g/mol. The molecule has 9 heteroatoms. The lowest BCUT2D eigenvalue weighted by molar-refractivity contribution is -0.151. The summed E-state index contributed by atoms with van der Waals surface area (Å²) in [5.74, 6) is -2.92. The summed E-state index contributed by atoms with van der Waals surface area (Å²) in [4.78, 5) is 24.4. The molecule has 2 saturated heterocycles. The number of halogens is 2. The lowest BCUT2D eigenvalue weighted by Crippen LogP contribution is -2.58. The van der Waals surface area contributed by atoms with E-state index in [0.29, 0.717) is 31.6 Å². The number of rotatable bonds is 6. The minimum atomic E-state index is -2.78. The van der Waals surface area contributed by atoms with E-state index in [1.54, 1.807) is 0 Å². The minimum absolute atomic E-state index is 0.0483. The van der Waals surface area contributed by atoms with Gasteiger partial charge in [-0.25, -0.2) is 18.4 Å². The molecule has 1 aromatic rings. The second-order valence-corrected chi connectivity index (χ2v) is 11.9. The molecule has 2 saturated carbocycles. The average molecular weight is 493 g/mol. The highest BCUT2D eigenvalue weighted by Gasteiger charge is 2.50. The van der Waals surface area contributed by atoms with Gasteiger partial charge in [-0.3, -0.25) is 14.6 Å². The Morgan fingerprint density at radius 2 is 1.74 bits per heavy atom. The van der Waals surface area contributed by atoms with Gasteiger partial charge in [-0.15, -0.1) is 0 Å². The van der Waals surface area contributed by atoms with Crippen molar-refractivity contribution in [3.05, 3.63) is 12.2 Å². The van der Waals surface area contributed by atoms with Crippen LogP contribution in [0.15, 0.2) is 6.33 Å². The molecule has 7 nitrogen and oxygen atoms in total. The van der Waals surface area contributed by atoms with E-state index in [1.807, 2.05) is 15.9 Å². The zero-order valence-corrected chi connectivity index (χ0v) is 21.6. The van der Waals surface area contributed by atoms with Crippen molar-refractivity contribution in [3.8, 4) is 0 Å². The summed E-state index contributed by atoms with van der Waals surface area (Å²) in [6.07, 6.45) is 6.88. The van der Waals surface area contributed by atoms with Gasteiger partial charge in [0.05, 0.1) is 6.04 Å². The van der Waals surface area contributed by atoms with Gasteiger partial charge in [0.2, 0.25) is 5.91 Å². The third-order valence-electron chi connectivity index (χ3n) is 9.15. The summed E-state index contributed by atoms with van der Waals surface area (Å²) in [6, 6.07) is 0.771. The molecular weight excluding hydrogens is 450 g/mol. The van der Waals surface area contributed by atoms with Crippen LogP contribution in [0.2, 0.25) is 0 Å². The van der Waals surface area contributed by atoms with E-state index >= 15 is 8.78 Å². The molecule has 0 N–H and O–H groups in total. The molecule has 0 bridgehead atoms. The fourth-order valence-electron chi connectivity index (χ4n) is 6.38. The second kappa shape index (κ2) is 9.69. The Bertz CT molecular complexity index is 884. The fraction of sp³-hybridized carbons (Fsp3) is 0.885. The average Bonchev–Trinajstić information content (AvgIpc) is 3.56. The molecule has 4 fully saturated rings. The molecule has 2 aliphatic carbocycles. The molecule has 1 aromatic heterocycles. The van der Waals surface area contributed by atoms with E-state index in [2.05, 4.69) is 35.6 Å². The highest BCUT2D eigenvalue weighted by atomic mass is 19.3. The smallest absolute Gasteiger partial charge is 0.252 e. The Hall–Kier alpha value is -1.61. The predicted molar refractivity (Wildman–Crippen MR) is 130 cm³/mol. The molecule has 196 valence electrons. The number of carbonyl (C=O) groups excluding carboxylic acids is 1. The third kappa shape index (κ3) is 5.26. The number of piperazine rings is 1. The normalized spacial score (nSPS) is 30.1. The lowest BCUT2D eigenvalue weighted by Gasteiger charge is -2.47. The first-order chi connectivity index (χ1) is 16.7. The van der Waals surface area contributed by atoms with Gasteiger partial charge in [-0.2, -0.15) is 5.10 Å². The molecule has 4 aliphatic rings. The van der Waals surface area contributed by atoms with Crippen molar-refractivity contribution in [3.63, 3.8) is 0 Å². The van der Waals surface area contributed by atoms with Gasteiger partial charge in [-0.05, 0) is 52.4 Å². The number of piperidine rings is 1. The van der Waals surface area contributed by atoms with Gasteiger partial charge < -0.3 is 4.90 Å². The lowest BCUT2D eigenvalue weighted by atomic mass is 9.77. The Kier molecular flexibility index (Phi) is 6.94. The van der Waals surface area contributed by atoms with Gasteiger partial charge in [0.15, 0.2) is 5.82 Å². The summed E-state index contributed by atoms with van der Waals surface area (Å²) in [7, 11) is 0. The summed E-state index contributed by atoms with van der Waals surface area (Å²) in [5, 5.41) is 4.72. The van der Waals surface area contributed by atoms with Crippen molar-refractivity contribution in [1.29, 1.82) is 0 Å². The largest absolute Gasteiger partial charge is 0.343 e. The van der Waals surface area contributed by atoms with Gasteiger partial charge >= 0.3 is 0 Å². The summed E-state index contributed by atoms with van der Waals surface area (Å²) >= 11 is 0. The number of hydrogen-bond donors (Lipinski definition) is 0. The van der Waals surface area contributed by atoms with Crippen molar-refractivity contribution in [1.82, 2.24) is 29.5 Å². The number of amides is 1. The Labute approximate surface area is 208 Å². The molecule has 2 atom stereocenters. The zero-order valence-electron chi connectivity index (χ0n) is 21.6. The number of nitrogens with zero attached hydrogens (tertiary/aromatic N) is 6. The first-order valence-corrected chi connectivity index (χ1v) is 13.7. The fourth-order valence-corrected chi connectivity index (χ4v) is 6.38. The van der Waals surface area contributed by atoms with E-state index in [-0.39, 0.29) is 30.2 Å². The molecule has 0 spiro atoms. The maximum atomic E-state index is 15.2. The van der Waals surface area contributed by atoms with E-state index < -0.39 is 11.8 Å². The number of likely N-dealkylation sites (tertiary alicyclic amines) is 1. The standard InChI is InChI=1S/C26H42F2N6O/c1-19(2)31-13-15-32(16-14-31)22-5-4-8-26(27,28)21(22)17-23(35)33-11-9-25(3,10-12-33)24-29-18-34(30-24)20-6-7-20/h18-22H,4-17H2,1-3H3/t21?,22-/m0/s1. The molecule has 3 heterocycles. The molecule has 2 aliphatic heterocycles. The summed E-state index contributed by atoms with van der Waals surface area (Å²) in [5.41, 5.74) is -0.162. The van der Waals surface area contributed by atoms with Crippen LogP contribution in [0, 0.1) is 5.92 Å². The molecule has 0 radical (unpaired) electrons. The van der Waals surface area contributed by atoms with Crippen LogP contribution in [0.1, 0.15) is 84.0 Å². The number of carbonyl (C=O) groups is 1. The topological polar surface area (TPSA) is 57.5 Å². The van der Waals surface area contributed by atoms with Crippen LogP contribution in [0.3, 0.4) is 0 Å². The second-order valence-electron chi connectivity index (χ2n) is 11.9. The molecule has 1 amide bonds. The van der Waals surface area contributed by atoms with Crippen LogP contribution in [-0.2, 0) is 10.2 Å². The van der Waals surface area contributed by atoms with Crippen molar-refractivity contribution in [2.75, 3.05) is 39.3 Å². The quantitative estimate of drug-likeness (QED) is 0.606. The van der Waals surface area contributed by atoms with E-state index in [0.717, 1.165) is 51.3 Å². The molecule has 35 heavy (non-hydrogen) atoms. The van der Waals surface area contributed by atoms with Crippen molar-refractivity contribution in [2.24, 2.45) is 5.92 Å².